The minimum atomic E-state index is 0.0359. The average molecular weight is 283 g/mol. The van der Waals surface area contributed by atoms with E-state index >= 15 is 0 Å². The fourth-order valence-corrected chi connectivity index (χ4v) is 2.08. The van der Waals surface area contributed by atoms with Crippen molar-refractivity contribution < 1.29 is 9.53 Å². The van der Waals surface area contributed by atoms with Gasteiger partial charge in [0, 0.05) is 6.42 Å². The number of carbonyl (C=O) groups is 1. The number of carbonyl (C=O) groups excluding carboxylic acids is 1. The van der Waals surface area contributed by atoms with Crippen molar-refractivity contribution in [1.82, 2.24) is 5.32 Å². The van der Waals surface area contributed by atoms with Crippen LogP contribution in [-0.4, -0.2) is 12.5 Å². The van der Waals surface area contributed by atoms with Crippen molar-refractivity contribution in [2.24, 2.45) is 0 Å². The van der Waals surface area contributed by atoms with Crippen molar-refractivity contribution in [1.29, 1.82) is 0 Å². The van der Waals surface area contributed by atoms with E-state index in [1.807, 2.05) is 67.6 Å². The van der Waals surface area contributed by atoms with Gasteiger partial charge in [-0.15, -0.1) is 0 Å². The standard InChI is InChI=1S/C18H21NO2/c1-15(16-9-4-2-5-10-16)19-18(20)13-8-14-21-17-11-6-3-7-12-17/h2-7,9-12,15H,8,13-14H2,1H3,(H,19,20)/t15-/m1/s1. The first-order valence-electron chi connectivity index (χ1n) is 7.28. The van der Waals surface area contributed by atoms with E-state index in [1.54, 1.807) is 0 Å². The van der Waals surface area contributed by atoms with Crippen molar-refractivity contribution in [2.75, 3.05) is 6.61 Å². The van der Waals surface area contributed by atoms with Gasteiger partial charge in [-0.25, -0.2) is 0 Å². The first-order valence-corrected chi connectivity index (χ1v) is 7.28. The van der Waals surface area contributed by atoms with Gasteiger partial charge in [-0.1, -0.05) is 48.5 Å². The molecule has 2 aromatic rings. The summed E-state index contributed by atoms with van der Waals surface area (Å²) in [6.45, 7) is 2.55. The molecule has 21 heavy (non-hydrogen) atoms. The monoisotopic (exact) mass is 283 g/mol. The summed E-state index contributed by atoms with van der Waals surface area (Å²) in [5.41, 5.74) is 1.12. The Morgan fingerprint density at radius 3 is 2.33 bits per heavy atom. The molecule has 3 heteroatoms. The lowest BCUT2D eigenvalue weighted by molar-refractivity contribution is -0.121. The zero-order valence-corrected chi connectivity index (χ0v) is 12.3. The Morgan fingerprint density at radius 2 is 1.67 bits per heavy atom. The highest BCUT2D eigenvalue weighted by Crippen LogP contribution is 2.12. The Labute approximate surface area is 126 Å². The Bertz CT molecular complexity index is 540. The van der Waals surface area contributed by atoms with Gasteiger partial charge in [0.05, 0.1) is 12.6 Å². The number of ether oxygens (including phenoxy) is 1. The summed E-state index contributed by atoms with van der Waals surface area (Å²) in [7, 11) is 0. The molecule has 0 aliphatic rings. The molecule has 0 aromatic heterocycles. The Morgan fingerprint density at radius 1 is 1.05 bits per heavy atom. The molecule has 1 amide bonds. The smallest absolute Gasteiger partial charge is 0.220 e. The van der Waals surface area contributed by atoms with Gasteiger partial charge in [0.2, 0.25) is 5.91 Å². The summed E-state index contributed by atoms with van der Waals surface area (Å²) in [5.74, 6) is 0.901. The minimum Gasteiger partial charge on any atom is -0.494 e. The summed E-state index contributed by atoms with van der Waals surface area (Å²) in [6, 6.07) is 19.6. The summed E-state index contributed by atoms with van der Waals surface area (Å²) in [6.07, 6.45) is 1.19. The number of amides is 1. The molecule has 0 fully saturated rings. The fourth-order valence-electron chi connectivity index (χ4n) is 2.08. The Balaban J connectivity index is 1.66. The molecule has 0 bridgehead atoms. The van der Waals surface area contributed by atoms with Crippen molar-refractivity contribution >= 4 is 5.91 Å². The summed E-state index contributed by atoms with van der Waals surface area (Å²) >= 11 is 0. The van der Waals surface area contributed by atoms with Crippen LogP contribution >= 0.6 is 0 Å². The molecule has 0 radical (unpaired) electrons. The predicted octanol–water partition coefficient (Wildman–Crippen LogP) is 3.72. The maximum absolute atomic E-state index is 11.9. The van der Waals surface area contributed by atoms with Crippen LogP contribution in [0, 0.1) is 0 Å². The van der Waals surface area contributed by atoms with Gasteiger partial charge in [-0.3, -0.25) is 4.79 Å². The molecule has 0 saturated carbocycles. The molecule has 2 aromatic carbocycles. The van der Waals surface area contributed by atoms with Crippen LogP contribution in [0.2, 0.25) is 0 Å². The molecule has 1 N–H and O–H groups in total. The normalized spacial score (nSPS) is 11.7. The third-order valence-electron chi connectivity index (χ3n) is 3.24. The molecular formula is C18H21NO2. The van der Waals surface area contributed by atoms with Crippen LogP contribution in [0.1, 0.15) is 31.4 Å². The van der Waals surface area contributed by atoms with E-state index < -0.39 is 0 Å². The second-order valence-corrected chi connectivity index (χ2v) is 4.96. The van der Waals surface area contributed by atoms with Crippen LogP contribution in [0.5, 0.6) is 5.75 Å². The largest absolute Gasteiger partial charge is 0.494 e. The quantitative estimate of drug-likeness (QED) is 0.786. The molecule has 0 heterocycles. The van der Waals surface area contributed by atoms with Gasteiger partial charge in [0.15, 0.2) is 0 Å². The molecule has 3 nitrogen and oxygen atoms in total. The number of rotatable bonds is 7. The molecular weight excluding hydrogens is 262 g/mol. The highest BCUT2D eigenvalue weighted by atomic mass is 16.5. The summed E-state index contributed by atoms with van der Waals surface area (Å²) < 4.78 is 5.57. The van der Waals surface area contributed by atoms with E-state index in [4.69, 9.17) is 4.74 Å². The molecule has 2 rings (SSSR count). The number of hydrogen-bond donors (Lipinski definition) is 1. The van der Waals surface area contributed by atoms with Crippen LogP contribution in [0.3, 0.4) is 0 Å². The Kier molecular flexibility index (Phi) is 5.83. The molecule has 0 aliphatic heterocycles. The van der Waals surface area contributed by atoms with E-state index in [2.05, 4.69) is 5.32 Å². The van der Waals surface area contributed by atoms with Crippen LogP contribution in [0.4, 0.5) is 0 Å². The van der Waals surface area contributed by atoms with Gasteiger partial charge in [0.1, 0.15) is 5.75 Å². The highest BCUT2D eigenvalue weighted by molar-refractivity contribution is 5.76. The maximum Gasteiger partial charge on any atom is 0.220 e. The lowest BCUT2D eigenvalue weighted by Crippen LogP contribution is -2.26. The second kappa shape index (κ2) is 8.10. The summed E-state index contributed by atoms with van der Waals surface area (Å²) in [4.78, 5) is 11.9. The Hall–Kier alpha value is -2.29. The molecule has 110 valence electrons. The number of benzene rings is 2. The van der Waals surface area contributed by atoms with E-state index in [-0.39, 0.29) is 11.9 Å². The first-order chi connectivity index (χ1) is 10.3. The highest BCUT2D eigenvalue weighted by Gasteiger charge is 2.08. The van der Waals surface area contributed by atoms with Crippen LogP contribution in [0.25, 0.3) is 0 Å². The van der Waals surface area contributed by atoms with Crippen LogP contribution < -0.4 is 10.1 Å². The fraction of sp³-hybridized carbons (Fsp3) is 0.278. The average Bonchev–Trinajstić information content (AvgIpc) is 2.53. The lowest BCUT2D eigenvalue weighted by atomic mass is 10.1. The van der Waals surface area contributed by atoms with Gasteiger partial charge in [-0.2, -0.15) is 0 Å². The third kappa shape index (κ3) is 5.30. The van der Waals surface area contributed by atoms with Crippen LogP contribution in [0.15, 0.2) is 60.7 Å². The van der Waals surface area contributed by atoms with E-state index in [1.165, 1.54) is 0 Å². The van der Waals surface area contributed by atoms with Crippen LogP contribution in [-0.2, 0) is 4.79 Å². The maximum atomic E-state index is 11.9. The number of nitrogens with one attached hydrogen (secondary N) is 1. The van der Waals surface area contributed by atoms with Crippen molar-refractivity contribution in [3.05, 3.63) is 66.2 Å². The topological polar surface area (TPSA) is 38.3 Å². The SMILES string of the molecule is C[C@@H](NC(=O)CCCOc1ccccc1)c1ccccc1. The zero-order chi connectivity index (χ0) is 14.9. The van der Waals surface area contributed by atoms with Crippen molar-refractivity contribution in [3.63, 3.8) is 0 Å². The van der Waals surface area contributed by atoms with E-state index in [9.17, 15) is 4.79 Å². The summed E-state index contributed by atoms with van der Waals surface area (Å²) in [5, 5.41) is 3.00. The van der Waals surface area contributed by atoms with Gasteiger partial charge in [-0.05, 0) is 31.0 Å². The lowest BCUT2D eigenvalue weighted by Gasteiger charge is -2.14. The molecule has 1 atom stereocenters. The van der Waals surface area contributed by atoms with E-state index in [0.717, 1.165) is 11.3 Å². The van der Waals surface area contributed by atoms with Crippen molar-refractivity contribution in [2.45, 2.75) is 25.8 Å². The zero-order valence-electron chi connectivity index (χ0n) is 12.3. The van der Waals surface area contributed by atoms with Gasteiger partial charge in [0.25, 0.3) is 0 Å². The molecule has 0 unspecified atom stereocenters. The van der Waals surface area contributed by atoms with Gasteiger partial charge >= 0.3 is 0 Å². The molecule has 0 aliphatic carbocycles. The molecule has 0 saturated heterocycles. The van der Waals surface area contributed by atoms with E-state index in [0.29, 0.717) is 19.4 Å². The number of hydrogen-bond acceptors (Lipinski definition) is 2. The van der Waals surface area contributed by atoms with Crippen molar-refractivity contribution in [3.8, 4) is 5.75 Å². The molecule has 0 spiro atoms. The predicted molar refractivity (Wildman–Crippen MR) is 84.2 cm³/mol. The second-order valence-electron chi connectivity index (χ2n) is 4.96. The minimum absolute atomic E-state index is 0.0359. The number of para-hydroxylation sites is 1. The third-order valence-corrected chi connectivity index (χ3v) is 3.24. The van der Waals surface area contributed by atoms with Gasteiger partial charge < -0.3 is 10.1 Å². The first kappa shape index (κ1) is 15.1.